The number of thiophene rings is 1. The van der Waals surface area contributed by atoms with Crippen LogP contribution in [0.25, 0.3) is 11.4 Å². The van der Waals surface area contributed by atoms with Crippen LogP contribution in [0, 0.1) is 0 Å². The molecule has 2 heterocycles. The highest BCUT2D eigenvalue weighted by molar-refractivity contribution is 7.99. The molecular weight excluding hydrogens is 412 g/mol. The van der Waals surface area contributed by atoms with E-state index in [0.717, 1.165) is 22.1 Å². The Bertz CT molecular complexity index is 985. The van der Waals surface area contributed by atoms with Gasteiger partial charge in [0.1, 0.15) is 0 Å². The minimum atomic E-state index is 0.0652. The maximum Gasteiger partial charge on any atom is 0.233 e. The summed E-state index contributed by atoms with van der Waals surface area (Å²) in [4.78, 5) is 14.3. The molecule has 3 rings (SSSR count). The zero-order valence-corrected chi connectivity index (χ0v) is 19.6. The number of thioether (sulfide) groups is 1. The molecule has 0 atom stereocenters. The average molecular weight is 441 g/mol. The van der Waals surface area contributed by atoms with Crippen molar-refractivity contribution in [3.63, 3.8) is 0 Å². The smallest absolute Gasteiger partial charge is 0.233 e. The van der Waals surface area contributed by atoms with Gasteiger partial charge < -0.3 is 4.90 Å². The van der Waals surface area contributed by atoms with Gasteiger partial charge in [-0.25, -0.2) is 0 Å². The standard InChI is InChI=1S/C23H28N4OS2/c1-6-12-27-21(18-7-9-19(10-8-18)23(2,3)4)24-25-22(27)30-16-20(28)26(5)14-17-11-13-29-15-17/h6-11,13,15H,1,12,14,16H2,2-5H3. The second-order valence-corrected chi connectivity index (χ2v) is 9.93. The molecule has 0 aliphatic heterocycles. The molecule has 2 aromatic heterocycles. The van der Waals surface area contributed by atoms with Crippen LogP contribution in [0.3, 0.4) is 0 Å². The lowest BCUT2D eigenvalue weighted by Gasteiger charge is -2.19. The SMILES string of the molecule is C=CCn1c(SCC(=O)N(C)Cc2ccsc2)nnc1-c1ccc(C(C)(C)C)cc1. The highest BCUT2D eigenvalue weighted by Crippen LogP contribution is 2.28. The fourth-order valence-corrected chi connectivity index (χ4v) is 4.55. The quantitative estimate of drug-likeness (QED) is 0.355. The summed E-state index contributed by atoms with van der Waals surface area (Å²) in [6.45, 7) is 11.7. The molecule has 0 radical (unpaired) electrons. The molecule has 0 saturated heterocycles. The Labute approximate surface area is 186 Å². The highest BCUT2D eigenvalue weighted by Gasteiger charge is 2.18. The van der Waals surface area contributed by atoms with Crippen molar-refractivity contribution in [3.8, 4) is 11.4 Å². The lowest BCUT2D eigenvalue weighted by atomic mass is 9.87. The Balaban J connectivity index is 1.72. The fraction of sp³-hybridized carbons (Fsp3) is 0.348. The molecule has 1 aromatic carbocycles. The molecular formula is C23H28N4OS2. The van der Waals surface area contributed by atoms with E-state index in [-0.39, 0.29) is 11.3 Å². The molecule has 0 aliphatic rings. The van der Waals surface area contributed by atoms with Gasteiger partial charge in [-0.2, -0.15) is 11.3 Å². The summed E-state index contributed by atoms with van der Waals surface area (Å²) in [7, 11) is 1.83. The molecule has 0 spiro atoms. The van der Waals surface area contributed by atoms with E-state index in [9.17, 15) is 4.79 Å². The van der Waals surface area contributed by atoms with Gasteiger partial charge >= 0.3 is 0 Å². The molecule has 0 aliphatic carbocycles. The first kappa shape index (κ1) is 22.3. The van der Waals surface area contributed by atoms with Crippen LogP contribution < -0.4 is 0 Å². The predicted octanol–water partition coefficient (Wildman–Crippen LogP) is 5.24. The molecule has 3 aromatic rings. The fourth-order valence-electron chi connectivity index (χ4n) is 3.00. The third kappa shape index (κ3) is 5.40. The number of nitrogens with zero attached hydrogens (tertiary/aromatic N) is 4. The lowest BCUT2D eigenvalue weighted by Crippen LogP contribution is -2.27. The van der Waals surface area contributed by atoms with Gasteiger partial charge in [0.25, 0.3) is 0 Å². The van der Waals surface area contributed by atoms with E-state index in [0.29, 0.717) is 18.8 Å². The van der Waals surface area contributed by atoms with Gasteiger partial charge in [0.05, 0.1) is 5.75 Å². The van der Waals surface area contributed by atoms with Crippen LogP contribution in [0.4, 0.5) is 0 Å². The molecule has 1 amide bonds. The highest BCUT2D eigenvalue weighted by atomic mass is 32.2. The van der Waals surface area contributed by atoms with Crippen molar-refractivity contribution in [2.75, 3.05) is 12.8 Å². The lowest BCUT2D eigenvalue weighted by molar-refractivity contribution is -0.127. The number of rotatable bonds is 8. The number of benzene rings is 1. The monoisotopic (exact) mass is 440 g/mol. The number of amides is 1. The van der Waals surface area contributed by atoms with Gasteiger partial charge in [-0.05, 0) is 33.4 Å². The van der Waals surface area contributed by atoms with E-state index < -0.39 is 0 Å². The second kappa shape index (κ2) is 9.62. The van der Waals surface area contributed by atoms with Crippen molar-refractivity contribution < 1.29 is 4.79 Å². The Morgan fingerprint density at radius 2 is 1.97 bits per heavy atom. The zero-order chi connectivity index (χ0) is 21.7. The molecule has 0 unspecified atom stereocenters. The summed E-state index contributed by atoms with van der Waals surface area (Å²) in [6.07, 6.45) is 1.82. The van der Waals surface area contributed by atoms with Crippen LogP contribution in [0.5, 0.6) is 0 Å². The van der Waals surface area contributed by atoms with E-state index in [2.05, 4.69) is 67.2 Å². The van der Waals surface area contributed by atoms with Crippen LogP contribution in [0.15, 0.2) is 58.9 Å². The van der Waals surface area contributed by atoms with Crippen LogP contribution in [-0.2, 0) is 23.3 Å². The van der Waals surface area contributed by atoms with E-state index >= 15 is 0 Å². The van der Waals surface area contributed by atoms with Crippen molar-refractivity contribution >= 4 is 29.0 Å². The number of aromatic nitrogens is 3. The van der Waals surface area contributed by atoms with Crippen LogP contribution in [-0.4, -0.2) is 38.4 Å². The minimum Gasteiger partial charge on any atom is -0.341 e. The van der Waals surface area contributed by atoms with Crippen LogP contribution in [0.1, 0.15) is 31.9 Å². The van der Waals surface area contributed by atoms with Crippen molar-refractivity contribution in [2.45, 2.75) is 44.4 Å². The number of hydrogen-bond acceptors (Lipinski definition) is 5. The van der Waals surface area contributed by atoms with E-state index in [1.807, 2.05) is 29.1 Å². The summed E-state index contributed by atoms with van der Waals surface area (Å²) in [6, 6.07) is 10.5. The van der Waals surface area contributed by atoms with Crippen molar-refractivity contribution in [2.24, 2.45) is 0 Å². The summed E-state index contributed by atoms with van der Waals surface area (Å²) in [5, 5.41) is 13.6. The summed E-state index contributed by atoms with van der Waals surface area (Å²) >= 11 is 3.05. The largest absolute Gasteiger partial charge is 0.341 e. The number of carbonyl (C=O) groups is 1. The average Bonchev–Trinajstić information content (AvgIpc) is 3.36. The van der Waals surface area contributed by atoms with Gasteiger partial charge in [-0.3, -0.25) is 9.36 Å². The molecule has 0 saturated carbocycles. The number of carbonyl (C=O) groups excluding carboxylic acids is 1. The summed E-state index contributed by atoms with van der Waals surface area (Å²) in [5.74, 6) is 1.17. The topological polar surface area (TPSA) is 51.0 Å². The molecule has 0 fully saturated rings. The number of hydrogen-bond donors (Lipinski definition) is 0. The maximum atomic E-state index is 12.6. The van der Waals surface area contributed by atoms with E-state index in [1.54, 1.807) is 16.2 Å². The van der Waals surface area contributed by atoms with Gasteiger partial charge in [-0.15, -0.1) is 16.8 Å². The van der Waals surface area contributed by atoms with Crippen molar-refractivity contribution in [3.05, 3.63) is 64.9 Å². The van der Waals surface area contributed by atoms with Gasteiger partial charge in [0, 0.05) is 25.7 Å². The Morgan fingerprint density at radius 3 is 2.57 bits per heavy atom. The minimum absolute atomic E-state index is 0.0652. The predicted molar refractivity (Wildman–Crippen MR) is 126 cm³/mol. The summed E-state index contributed by atoms with van der Waals surface area (Å²) in [5.41, 5.74) is 3.53. The zero-order valence-electron chi connectivity index (χ0n) is 18.0. The first-order valence-corrected chi connectivity index (χ1v) is 11.8. The Hall–Kier alpha value is -2.38. The van der Waals surface area contributed by atoms with E-state index in [4.69, 9.17) is 0 Å². The van der Waals surface area contributed by atoms with Crippen LogP contribution in [0.2, 0.25) is 0 Å². The molecule has 0 bridgehead atoms. The first-order valence-electron chi connectivity index (χ1n) is 9.82. The summed E-state index contributed by atoms with van der Waals surface area (Å²) < 4.78 is 2.01. The van der Waals surface area contributed by atoms with Crippen molar-refractivity contribution in [1.82, 2.24) is 19.7 Å². The molecule has 158 valence electrons. The van der Waals surface area contributed by atoms with Crippen LogP contribution >= 0.6 is 23.1 Å². The molecule has 30 heavy (non-hydrogen) atoms. The second-order valence-electron chi connectivity index (χ2n) is 8.20. The third-order valence-electron chi connectivity index (χ3n) is 4.79. The Morgan fingerprint density at radius 1 is 1.23 bits per heavy atom. The maximum absolute atomic E-state index is 12.6. The molecule has 7 heteroatoms. The first-order chi connectivity index (χ1) is 14.3. The molecule has 0 N–H and O–H groups in total. The van der Waals surface area contributed by atoms with Gasteiger partial charge in [0.15, 0.2) is 11.0 Å². The van der Waals surface area contributed by atoms with Gasteiger partial charge in [-0.1, -0.05) is 62.9 Å². The number of allylic oxidation sites excluding steroid dienone is 1. The molecule has 5 nitrogen and oxygen atoms in total. The van der Waals surface area contributed by atoms with Gasteiger partial charge in [0.2, 0.25) is 5.91 Å². The van der Waals surface area contributed by atoms with Crippen molar-refractivity contribution in [1.29, 1.82) is 0 Å². The third-order valence-corrected chi connectivity index (χ3v) is 6.47. The normalized spacial score (nSPS) is 11.5. The Kier molecular flexibility index (Phi) is 7.15. The van der Waals surface area contributed by atoms with E-state index in [1.165, 1.54) is 17.3 Å².